The molecule has 0 aliphatic carbocycles. The number of para-hydroxylation sites is 1. The number of rotatable bonds is 5. The van der Waals surface area contributed by atoms with E-state index in [4.69, 9.17) is 4.74 Å². The molecule has 1 aliphatic rings. The van der Waals surface area contributed by atoms with Crippen LogP contribution in [0.1, 0.15) is 16.7 Å². The van der Waals surface area contributed by atoms with Crippen LogP contribution in [0.2, 0.25) is 0 Å². The van der Waals surface area contributed by atoms with Crippen LogP contribution in [0.3, 0.4) is 0 Å². The number of amides is 2. The number of carbonyl (C=O) groups is 2. The van der Waals surface area contributed by atoms with E-state index in [1.807, 2.05) is 26.0 Å². The third-order valence-corrected chi connectivity index (χ3v) is 5.17. The van der Waals surface area contributed by atoms with Crippen molar-refractivity contribution in [3.63, 3.8) is 0 Å². The number of methoxy groups -OCH3 is 1. The first kappa shape index (κ1) is 20.3. The van der Waals surface area contributed by atoms with Crippen molar-refractivity contribution >= 4 is 28.8 Å². The summed E-state index contributed by atoms with van der Waals surface area (Å²) in [6.45, 7) is 3.81. The Morgan fingerprint density at radius 3 is 2.29 bits per heavy atom. The number of aryl methyl sites for hydroxylation is 2. The Balaban J connectivity index is 1.87. The molecule has 2 amide bonds. The lowest BCUT2D eigenvalue weighted by Gasteiger charge is -2.18. The van der Waals surface area contributed by atoms with E-state index >= 15 is 0 Å². The standard InChI is InChI=1S/C25H21FN2O3/c1-15-8-13-20(16(2)14-15)28-24(29)22(19-6-4-5-7-21(19)31-3)23(25(28)30)27-18-11-9-17(26)10-12-18/h4-14,27H,1-3H3. The van der Waals surface area contributed by atoms with Gasteiger partial charge in [0.05, 0.1) is 18.4 Å². The SMILES string of the molecule is COc1ccccc1C1=C(Nc2ccc(F)cc2)C(=O)N(c2ccc(C)cc2C)C1=O. The summed E-state index contributed by atoms with van der Waals surface area (Å²) >= 11 is 0. The molecule has 3 aromatic carbocycles. The van der Waals surface area contributed by atoms with Crippen molar-refractivity contribution in [1.82, 2.24) is 0 Å². The fraction of sp³-hybridized carbons (Fsp3) is 0.120. The third kappa shape index (κ3) is 3.68. The van der Waals surface area contributed by atoms with Crippen LogP contribution >= 0.6 is 0 Å². The molecule has 0 spiro atoms. The molecule has 0 fully saturated rings. The van der Waals surface area contributed by atoms with Crippen LogP contribution in [0, 0.1) is 19.7 Å². The highest BCUT2D eigenvalue weighted by Crippen LogP contribution is 2.38. The predicted octanol–water partition coefficient (Wildman–Crippen LogP) is 4.85. The molecule has 1 N–H and O–H groups in total. The topological polar surface area (TPSA) is 58.6 Å². The van der Waals surface area contributed by atoms with Crippen molar-refractivity contribution in [3.8, 4) is 5.75 Å². The molecule has 0 bridgehead atoms. The summed E-state index contributed by atoms with van der Waals surface area (Å²) in [6.07, 6.45) is 0. The second kappa shape index (κ2) is 8.07. The van der Waals surface area contributed by atoms with Crippen molar-refractivity contribution in [2.45, 2.75) is 13.8 Å². The fourth-order valence-electron chi connectivity index (χ4n) is 3.70. The maximum Gasteiger partial charge on any atom is 0.282 e. The van der Waals surface area contributed by atoms with Gasteiger partial charge in [0.15, 0.2) is 0 Å². The minimum atomic E-state index is -0.484. The van der Waals surface area contributed by atoms with Crippen LogP contribution in [0.25, 0.3) is 5.57 Å². The molecule has 0 radical (unpaired) electrons. The van der Waals surface area contributed by atoms with Crippen LogP contribution in [-0.2, 0) is 9.59 Å². The first-order valence-corrected chi connectivity index (χ1v) is 9.77. The van der Waals surface area contributed by atoms with Gasteiger partial charge in [0.1, 0.15) is 17.3 Å². The van der Waals surface area contributed by atoms with E-state index in [0.717, 1.165) is 11.1 Å². The summed E-state index contributed by atoms with van der Waals surface area (Å²) < 4.78 is 18.8. The number of halogens is 1. The molecule has 6 heteroatoms. The van der Waals surface area contributed by atoms with E-state index in [1.165, 1.54) is 36.3 Å². The average Bonchev–Trinajstić information content (AvgIpc) is 2.99. The zero-order valence-electron chi connectivity index (χ0n) is 17.4. The molecule has 4 rings (SSSR count). The lowest BCUT2D eigenvalue weighted by molar-refractivity contribution is -0.120. The molecule has 5 nitrogen and oxygen atoms in total. The molecule has 1 heterocycles. The quantitative estimate of drug-likeness (QED) is 0.604. The second-order valence-corrected chi connectivity index (χ2v) is 7.32. The molecule has 0 saturated carbocycles. The molecule has 0 aromatic heterocycles. The Bertz CT molecular complexity index is 1220. The van der Waals surface area contributed by atoms with E-state index in [-0.39, 0.29) is 11.3 Å². The Hall–Kier alpha value is -3.93. The Morgan fingerprint density at radius 2 is 1.61 bits per heavy atom. The number of ether oxygens (including phenoxy) is 1. The molecular weight excluding hydrogens is 395 g/mol. The second-order valence-electron chi connectivity index (χ2n) is 7.32. The fourth-order valence-corrected chi connectivity index (χ4v) is 3.70. The predicted molar refractivity (Wildman–Crippen MR) is 118 cm³/mol. The number of imide groups is 1. The molecule has 1 aliphatic heterocycles. The number of nitrogens with one attached hydrogen (secondary N) is 1. The van der Waals surface area contributed by atoms with E-state index < -0.39 is 17.6 Å². The molecule has 3 aromatic rings. The number of hydrogen-bond acceptors (Lipinski definition) is 4. The number of nitrogens with zero attached hydrogens (tertiary/aromatic N) is 1. The van der Waals surface area contributed by atoms with Gasteiger partial charge < -0.3 is 10.1 Å². The van der Waals surface area contributed by atoms with Crippen molar-refractivity contribution in [3.05, 3.63) is 94.9 Å². The highest BCUT2D eigenvalue weighted by Gasteiger charge is 2.41. The molecule has 0 saturated heterocycles. The lowest BCUT2D eigenvalue weighted by Crippen LogP contribution is -2.33. The van der Waals surface area contributed by atoms with Gasteiger partial charge in [-0.15, -0.1) is 0 Å². The van der Waals surface area contributed by atoms with Crippen LogP contribution in [0.4, 0.5) is 15.8 Å². The van der Waals surface area contributed by atoms with Gasteiger partial charge in [-0.05, 0) is 55.8 Å². The third-order valence-electron chi connectivity index (χ3n) is 5.17. The Morgan fingerprint density at radius 1 is 0.903 bits per heavy atom. The van der Waals surface area contributed by atoms with Gasteiger partial charge >= 0.3 is 0 Å². The Labute approximate surface area is 179 Å². The van der Waals surface area contributed by atoms with Crippen LogP contribution < -0.4 is 15.0 Å². The van der Waals surface area contributed by atoms with Gasteiger partial charge in [-0.1, -0.05) is 35.9 Å². The van der Waals surface area contributed by atoms with Crippen LogP contribution in [0.5, 0.6) is 5.75 Å². The summed E-state index contributed by atoms with van der Waals surface area (Å²) in [4.78, 5) is 28.2. The first-order chi connectivity index (χ1) is 14.9. The van der Waals surface area contributed by atoms with Crippen molar-refractivity contribution in [1.29, 1.82) is 0 Å². The van der Waals surface area contributed by atoms with Crippen LogP contribution in [0.15, 0.2) is 72.4 Å². The van der Waals surface area contributed by atoms with E-state index in [1.54, 1.807) is 30.3 Å². The molecule has 0 atom stereocenters. The molecule has 0 unspecified atom stereocenters. The summed E-state index contributed by atoms with van der Waals surface area (Å²) in [5.74, 6) is -0.858. The van der Waals surface area contributed by atoms with Gasteiger partial charge in [-0.2, -0.15) is 0 Å². The maximum absolute atomic E-state index is 13.6. The highest BCUT2D eigenvalue weighted by atomic mass is 19.1. The summed E-state index contributed by atoms with van der Waals surface area (Å²) in [5.41, 5.74) is 3.66. The maximum atomic E-state index is 13.6. The summed E-state index contributed by atoms with van der Waals surface area (Å²) in [6, 6.07) is 18.2. The lowest BCUT2D eigenvalue weighted by atomic mass is 10.0. The van der Waals surface area contributed by atoms with Gasteiger partial charge in [0.25, 0.3) is 11.8 Å². The average molecular weight is 416 g/mol. The molecule has 31 heavy (non-hydrogen) atoms. The monoisotopic (exact) mass is 416 g/mol. The number of benzene rings is 3. The van der Waals surface area contributed by atoms with E-state index in [2.05, 4.69) is 5.32 Å². The van der Waals surface area contributed by atoms with Gasteiger partial charge in [0, 0.05) is 11.3 Å². The van der Waals surface area contributed by atoms with Gasteiger partial charge in [-0.3, -0.25) is 9.59 Å². The van der Waals surface area contributed by atoms with E-state index in [9.17, 15) is 14.0 Å². The zero-order chi connectivity index (χ0) is 22.1. The highest BCUT2D eigenvalue weighted by molar-refractivity contribution is 6.46. The van der Waals surface area contributed by atoms with Gasteiger partial charge in [0.2, 0.25) is 0 Å². The summed E-state index contributed by atoms with van der Waals surface area (Å²) in [5, 5.41) is 3.02. The number of anilines is 2. The first-order valence-electron chi connectivity index (χ1n) is 9.77. The molecule has 156 valence electrons. The summed E-state index contributed by atoms with van der Waals surface area (Å²) in [7, 11) is 1.51. The molecular formula is C25H21FN2O3. The Kier molecular flexibility index (Phi) is 5.29. The normalized spacial score (nSPS) is 13.7. The van der Waals surface area contributed by atoms with E-state index in [0.29, 0.717) is 22.7 Å². The van der Waals surface area contributed by atoms with Crippen molar-refractivity contribution < 1.29 is 18.7 Å². The minimum Gasteiger partial charge on any atom is -0.496 e. The minimum absolute atomic E-state index is 0.112. The number of carbonyl (C=O) groups excluding carboxylic acids is 2. The largest absolute Gasteiger partial charge is 0.496 e. The van der Waals surface area contributed by atoms with Gasteiger partial charge in [-0.25, -0.2) is 9.29 Å². The number of hydrogen-bond donors (Lipinski definition) is 1. The van der Waals surface area contributed by atoms with Crippen molar-refractivity contribution in [2.75, 3.05) is 17.3 Å². The smallest absolute Gasteiger partial charge is 0.282 e. The van der Waals surface area contributed by atoms with Crippen molar-refractivity contribution in [2.24, 2.45) is 0 Å². The van der Waals surface area contributed by atoms with Crippen LogP contribution in [-0.4, -0.2) is 18.9 Å². The zero-order valence-corrected chi connectivity index (χ0v) is 17.4.